The third-order valence-corrected chi connectivity index (χ3v) is 5.41. The number of allylic oxidation sites excluding steroid dienone is 2. The number of anilines is 1. The first-order valence-electron chi connectivity index (χ1n) is 10.6. The van der Waals surface area contributed by atoms with Crippen molar-refractivity contribution in [3.05, 3.63) is 95.2 Å². The van der Waals surface area contributed by atoms with Gasteiger partial charge in [0.05, 0.1) is 0 Å². The van der Waals surface area contributed by atoms with Crippen LogP contribution >= 0.6 is 0 Å². The van der Waals surface area contributed by atoms with Gasteiger partial charge in [-0.3, -0.25) is 0 Å². The van der Waals surface area contributed by atoms with Crippen molar-refractivity contribution in [3.8, 4) is 0 Å². The molecule has 0 aromatic heterocycles. The molecule has 0 amide bonds. The largest absolute Gasteiger partial charge is 0.362 e. The molecule has 0 fully saturated rings. The van der Waals surface area contributed by atoms with Crippen LogP contribution in [0.3, 0.4) is 0 Å². The zero-order valence-corrected chi connectivity index (χ0v) is 19.4. The highest BCUT2D eigenvalue weighted by Crippen LogP contribution is 2.22. The Hall–Kier alpha value is -3.00. The summed E-state index contributed by atoms with van der Waals surface area (Å²) in [5.74, 6) is 1.09. The number of rotatable bonds is 5. The van der Waals surface area contributed by atoms with E-state index < -0.39 is 0 Å². The van der Waals surface area contributed by atoms with Gasteiger partial charge in [0.25, 0.3) is 0 Å². The van der Waals surface area contributed by atoms with Crippen LogP contribution < -0.4 is 15.8 Å². The summed E-state index contributed by atoms with van der Waals surface area (Å²) in [6.45, 7) is 18.8. The number of nitrogens with zero attached hydrogens (tertiary/aromatic N) is 1. The van der Waals surface area contributed by atoms with Gasteiger partial charge < -0.3 is 10.2 Å². The van der Waals surface area contributed by atoms with Crippen molar-refractivity contribution in [2.45, 2.75) is 34.6 Å². The fourth-order valence-corrected chi connectivity index (χ4v) is 3.41. The van der Waals surface area contributed by atoms with Crippen molar-refractivity contribution in [2.75, 3.05) is 12.4 Å². The van der Waals surface area contributed by atoms with Crippen LogP contribution in [0.25, 0.3) is 17.8 Å². The second-order valence-electron chi connectivity index (χ2n) is 8.32. The Balaban J connectivity index is 0.000000214. The molecule has 158 valence electrons. The molecule has 0 radical (unpaired) electrons. The summed E-state index contributed by atoms with van der Waals surface area (Å²) in [6, 6.07) is 16.7. The lowest BCUT2D eigenvalue weighted by Crippen LogP contribution is -2.37. The van der Waals surface area contributed by atoms with Crippen LogP contribution in [0.15, 0.2) is 79.2 Å². The van der Waals surface area contributed by atoms with Gasteiger partial charge in [0.2, 0.25) is 0 Å². The van der Waals surface area contributed by atoms with Gasteiger partial charge in [-0.1, -0.05) is 95.0 Å². The molecule has 30 heavy (non-hydrogen) atoms. The molecule has 0 saturated heterocycles. The smallest absolute Gasteiger partial charge is 0.0453 e. The van der Waals surface area contributed by atoms with Crippen molar-refractivity contribution >= 4 is 23.5 Å². The maximum Gasteiger partial charge on any atom is 0.0453 e. The van der Waals surface area contributed by atoms with Gasteiger partial charge in [0.1, 0.15) is 0 Å². The quantitative estimate of drug-likeness (QED) is 0.663. The van der Waals surface area contributed by atoms with E-state index in [1.165, 1.54) is 27.1 Å². The lowest BCUT2D eigenvalue weighted by molar-refractivity contribution is 0.621. The van der Waals surface area contributed by atoms with Crippen LogP contribution in [0.2, 0.25) is 0 Å². The maximum absolute atomic E-state index is 4.15. The zero-order valence-electron chi connectivity index (χ0n) is 19.4. The molecule has 0 saturated carbocycles. The first-order chi connectivity index (χ1) is 14.3. The molecule has 0 unspecified atom stereocenters. The van der Waals surface area contributed by atoms with Crippen LogP contribution in [-0.2, 0) is 0 Å². The van der Waals surface area contributed by atoms with Crippen LogP contribution in [0.1, 0.15) is 40.2 Å². The SMILES string of the molecule is C=C1C(C(C)C)=c2ccccc2=CN1C.C=CNc1ccccc1/C=C(\C)C(C)C. The summed E-state index contributed by atoms with van der Waals surface area (Å²) in [5, 5.41) is 5.76. The van der Waals surface area contributed by atoms with Gasteiger partial charge in [0, 0.05) is 24.6 Å². The Bertz CT molecular complexity index is 1040. The number of nitrogens with one attached hydrogen (secondary N) is 1. The zero-order chi connectivity index (χ0) is 22.3. The molecular formula is C28H36N2. The van der Waals surface area contributed by atoms with Crippen LogP contribution in [0, 0.1) is 11.8 Å². The first kappa shape index (κ1) is 23.3. The van der Waals surface area contributed by atoms with E-state index in [4.69, 9.17) is 0 Å². The lowest BCUT2D eigenvalue weighted by Gasteiger charge is -2.26. The van der Waals surface area contributed by atoms with Gasteiger partial charge in [-0.25, -0.2) is 0 Å². The van der Waals surface area contributed by atoms with E-state index in [2.05, 4.69) is 114 Å². The monoisotopic (exact) mass is 400 g/mol. The molecule has 0 bridgehead atoms. The second-order valence-corrected chi connectivity index (χ2v) is 8.32. The molecular weight excluding hydrogens is 364 g/mol. The molecule has 1 N–H and O–H groups in total. The van der Waals surface area contributed by atoms with Crippen molar-refractivity contribution in [1.82, 2.24) is 4.90 Å². The minimum atomic E-state index is 0.509. The number of hydrogen-bond donors (Lipinski definition) is 1. The van der Waals surface area contributed by atoms with E-state index >= 15 is 0 Å². The molecule has 1 aliphatic rings. The van der Waals surface area contributed by atoms with E-state index in [1.54, 1.807) is 6.20 Å². The van der Waals surface area contributed by atoms with Gasteiger partial charge in [0.15, 0.2) is 0 Å². The molecule has 3 rings (SSSR count). The Kier molecular flexibility index (Phi) is 8.29. The maximum atomic E-state index is 4.15. The molecule has 1 heterocycles. The minimum absolute atomic E-state index is 0.509. The summed E-state index contributed by atoms with van der Waals surface area (Å²) in [7, 11) is 2.06. The second kappa shape index (κ2) is 10.7. The van der Waals surface area contributed by atoms with Gasteiger partial charge in [-0.2, -0.15) is 0 Å². The molecule has 2 nitrogen and oxygen atoms in total. The Morgan fingerprint density at radius 2 is 1.63 bits per heavy atom. The van der Waals surface area contributed by atoms with E-state index in [9.17, 15) is 0 Å². The third-order valence-electron chi connectivity index (χ3n) is 5.41. The topological polar surface area (TPSA) is 15.3 Å². The fraction of sp³-hybridized carbons (Fsp3) is 0.286. The minimum Gasteiger partial charge on any atom is -0.362 e. The number of para-hydroxylation sites is 1. The van der Waals surface area contributed by atoms with Crippen LogP contribution in [0.5, 0.6) is 0 Å². The molecule has 0 aliphatic carbocycles. The highest BCUT2D eigenvalue weighted by Gasteiger charge is 2.15. The van der Waals surface area contributed by atoms with Crippen LogP contribution in [0.4, 0.5) is 5.69 Å². The Labute approximate surface area is 182 Å². The van der Waals surface area contributed by atoms with Crippen molar-refractivity contribution in [1.29, 1.82) is 0 Å². The van der Waals surface area contributed by atoms with Gasteiger partial charge in [-0.15, -0.1) is 0 Å². The average molecular weight is 401 g/mol. The third kappa shape index (κ3) is 5.76. The van der Waals surface area contributed by atoms with E-state index in [-0.39, 0.29) is 0 Å². The fourth-order valence-electron chi connectivity index (χ4n) is 3.41. The summed E-state index contributed by atoms with van der Waals surface area (Å²) in [5.41, 5.74) is 6.17. The molecule has 2 aromatic carbocycles. The van der Waals surface area contributed by atoms with E-state index in [1.807, 2.05) is 12.1 Å². The van der Waals surface area contributed by atoms with Crippen molar-refractivity contribution in [2.24, 2.45) is 11.8 Å². The van der Waals surface area contributed by atoms with E-state index in [0.717, 1.165) is 11.4 Å². The predicted octanol–water partition coefficient (Wildman–Crippen LogP) is 5.99. The van der Waals surface area contributed by atoms with Crippen molar-refractivity contribution in [3.63, 3.8) is 0 Å². The molecule has 1 aliphatic heterocycles. The van der Waals surface area contributed by atoms with Gasteiger partial charge >= 0.3 is 0 Å². The number of hydrogen-bond acceptors (Lipinski definition) is 2. The molecule has 0 spiro atoms. The predicted molar refractivity (Wildman–Crippen MR) is 134 cm³/mol. The summed E-state index contributed by atoms with van der Waals surface area (Å²) < 4.78 is 0. The Morgan fingerprint density at radius 1 is 1.00 bits per heavy atom. The van der Waals surface area contributed by atoms with Gasteiger partial charge in [-0.05, 0) is 52.6 Å². The number of fused-ring (bicyclic) bond motifs is 1. The first-order valence-corrected chi connectivity index (χ1v) is 10.6. The number of benzene rings is 2. The van der Waals surface area contributed by atoms with E-state index in [0.29, 0.717) is 11.8 Å². The lowest BCUT2D eigenvalue weighted by atomic mass is 9.94. The average Bonchev–Trinajstić information content (AvgIpc) is 2.70. The summed E-state index contributed by atoms with van der Waals surface area (Å²) >= 11 is 0. The highest BCUT2D eigenvalue weighted by atomic mass is 15.1. The standard InChI is InChI=1S/C14H17N.C14H19N/c1-10(2)14-11(3)15(4)9-12-7-5-6-8-13(12)14;1-5-15-14-9-7-6-8-13(14)10-12(4)11(2)3/h5-10H,3H2,1-2,4H3;5-11,15H,1H2,2-4H3/b;12-10+. The Morgan fingerprint density at radius 3 is 2.27 bits per heavy atom. The van der Waals surface area contributed by atoms with Crippen molar-refractivity contribution < 1.29 is 0 Å². The van der Waals surface area contributed by atoms with Crippen LogP contribution in [-0.4, -0.2) is 11.9 Å². The molecule has 0 atom stereocenters. The normalized spacial score (nSPS) is 13.5. The molecule has 2 heteroatoms. The highest BCUT2D eigenvalue weighted by molar-refractivity contribution is 5.69. The summed E-state index contributed by atoms with van der Waals surface area (Å²) in [6.07, 6.45) is 6.07. The molecule has 2 aromatic rings. The summed E-state index contributed by atoms with van der Waals surface area (Å²) in [4.78, 5) is 2.11.